The highest BCUT2D eigenvalue weighted by Crippen LogP contribution is 2.76. The van der Waals surface area contributed by atoms with Gasteiger partial charge in [-0.1, -0.05) is 86.0 Å². The van der Waals surface area contributed by atoms with Crippen LogP contribution in [0, 0.1) is 63.1 Å². The fourth-order valence-corrected chi connectivity index (χ4v) is 17.2. The van der Waals surface area contributed by atoms with Gasteiger partial charge >= 0.3 is 0 Å². The monoisotopic (exact) mass is 822 g/mol. The van der Waals surface area contributed by atoms with Gasteiger partial charge in [0, 0.05) is 24.4 Å². The van der Waals surface area contributed by atoms with E-state index in [4.69, 9.17) is 15.2 Å². The molecule has 3 saturated heterocycles. The van der Waals surface area contributed by atoms with Crippen LogP contribution in [0.25, 0.3) is 0 Å². The Morgan fingerprint density at radius 1 is 0.898 bits per heavy atom. The van der Waals surface area contributed by atoms with Crippen LogP contribution in [-0.4, -0.2) is 75.5 Å². The summed E-state index contributed by atoms with van der Waals surface area (Å²) < 4.78 is 14.2. The summed E-state index contributed by atoms with van der Waals surface area (Å²) in [7, 11) is 0. The first kappa shape index (κ1) is 43.4. The van der Waals surface area contributed by atoms with Gasteiger partial charge in [-0.05, 0) is 154 Å². The zero-order valence-corrected chi connectivity index (χ0v) is 38.1. The largest absolute Gasteiger partial charge is 0.393 e. The van der Waals surface area contributed by atoms with Crippen molar-refractivity contribution in [1.82, 2.24) is 0 Å². The lowest BCUT2D eigenvalue weighted by Crippen LogP contribution is -2.94. The lowest BCUT2D eigenvalue weighted by molar-refractivity contribution is -0.699. The maximum Gasteiger partial charge on any atom is 0.159 e. The van der Waals surface area contributed by atoms with Crippen LogP contribution in [0.5, 0.6) is 0 Å². The summed E-state index contributed by atoms with van der Waals surface area (Å²) in [6.45, 7) is 15.4. The summed E-state index contributed by atoms with van der Waals surface area (Å²) in [6, 6.07) is 0. The number of hydrogen-bond donors (Lipinski definition) is 5. The second-order valence-corrected chi connectivity index (χ2v) is 24.3. The summed E-state index contributed by atoms with van der Waals surface area (Å²) in [5.41, 5.74) is 3.36. The van der Waals surface area contributed by atoms with E-state index in [1.807, 2.05) is 13.0 Å². The lowest BCUT2D eigenvalue weighted by atomic mass is 9.37. The van der Waals surface area contributed by atoms with Crippen molar-refractivity contribution in [3.63, 3.8) is 0 Å². The number of carbonyl (C=O) groups is 1. The number of aliphatic hydroxyl groups is 3. The summed E-state index contributed by atoms with van der Waals surface area (Å²) in [5, 5.41) is 40.2. The fourth-order valence-electron chi connectivity index (χ4n) is 17.2. The zero-order chi connectivity index (χ0) is 41.8. The molecule has 8 heteroatoms. The molecule has 6 aliphatic carbocycles. The molecule has 9 aliphatic rings. The van der Waals surface area contributed by atoms with E-state index in [0.29, 0.717) is 37.2 Å². The Bertz CT molecular complexity index is 1600. The van der Waals surface area contributed by atoms with Crippen molar-refractivity contribution in [2.75, 3.05) is 13.2 Å². The molecule has 0 bridgehead atoms. The van der Waals surface area contributed by atoms with Crippen LogP contribution >= 0.6 is 0 Å². The summed E-state index contributed by atoms with van der Waals surface area (Å²) in [4.78, 5) is 14.8. The van der Waals surface area contributed by atoms with Crippen LogP contribution in [-0.2, 0) is 14.3 Å². The highest BCUT2D eigenvalue weighted by molar-refractivity contribution is 5.95. The average Bonchev–Trinajstić information content (AvgIpc) is 3.81. The minimum atomic E-state index is -1.12. The fraction of sp³-hybridized carbons (Fsp3) is 0.941. The van der Waals surface area contributed by atoms with Crippen LogP contribution in [0.1, 0.15) is 183 Å². The average molecular weight is 822 g/mol. The van der Waals surface area contributed by atoms with Gasteiger partial charge in [-0.15, -0.1) is 0 Å². The van der Waals surface area contributed by atoms with E-state index in [1.165, 1.54) is 57.8 Å². The molecule has 0 aromatic heterocycles. The van der Waals surface area contributed by atoms with Gasteiger partial charge in [0.05, 0.1) is 23.9 Å². The first-order valence-electron chi connectivity index (χ1n) is 25.2. The van der Waals surface area contributed by atoms with Gasteiger partial charge in [-0.3, -0.25) is 10.5 Å². The number of quaternary nitrogens is 1. The summed E-state index contributed by atoms with van der Waals surface area (Å²) in [5.74, 6) is 2.29. The third-order valence-corrected chi connectivity index (χ3v) is 21.0. The van der Waals surface area contributed by atoms with Gasteiger partial charge in [0.25, 0.3) is 0 Å². The van der Waals surface area contributed by atoms with E-state index < -0.39 is 28.3 Å². The number of piperidine rings is 1. The number of carbonyl (C=O) groups excluding carboxylic acids is 1. The number of fused-ring (bicyclic) bond motifs is 6. The number of aliphatic hydroxyl groups excluding tert-OH is 1. The number of allylic oxidation sites excluding steroid dienone is 1. The number of ketones is 1. The first-order chi connectivity index (χ1) is 27.9. The molecule has 0 amide bonds. The first-order valence-corrected chi connectivity index (χ1v) is 25.2. The summed E-state index contributed by atoms with van der Waals surface area (Å²) >= 11 is 0. The predicted molar refractivity (Wildman–Crippen MR) is 231 cm³/mol. The molecule has 0 radical (unpaired) electrons. The molecule has 334 valence electrons. The Kier molecular flexibility index (Phi) is 11.3. The molecule has 0 aromatic rings. The van der Waals surface area contributed by atoms with E-state index in [2.05, 4.69) is 39.9 Å². The van der Waals surface area contributed by atoms with E-state index in [1.54, 1.807) is 0 Å². The number of rotatable bonds is 10. The van der Waals surface area contributed by atoms with Crippen molar-refractivity contribution < 1.29 is 34.9 Å². The number of epoxide rings is 1. The Morgan fingerprint density at radius 2 is 1.64 bits per heavy atom. The standard InChI is InChI=1S/C51H84N2O6/c1-32-19-25-58-50(29-32,44-43(59-44)48(6,56)45(2,3)22-16-34-18-24-53-41(52)26-34)40-17-23-51(57)38-28-39(55)37-27-36(54)31-49(20-10-11-21-49)47(37,5)42(38)35(30-46(40,51)4)15-14-33-12-8-7-9-13-33/h28,32-37,40-44,53-54,56-57H,7-27,29-31,52H2,1-6H3/p+1. The number of ether oxygens (including phenoxy) is 2. The quantitative estimate of drug-likeness (QED) is 0.142. The molecule has 8 fully saturated rings. The predicted octanol–water partition coefficient (Wildman–Crippen LogP) is 7.75. The Hall–Kier alpha value is -0.870. The summed E-state index contributed by atoms with van der Waals surface area (Å²) in [6.07, 6.45) is 24.5. The maximum absolute atomic E-state index is 14.8. The highest BCUT2D eigenvalue weighted by Gasteiger charge is 2.77. The molecule has 5 saturated carbocycles. The number of hydrogen-bond acceptors (Lipinski definition) is 7. The van der Waals surface area contributed by atoms with E-state index >= 15 is 0 Å². The van der Waals surface area contributed by atoms with Gasteiger partial charge < -0.3 is 30.1 Å². The Labute approximate surface area is 357 Å². The van der Waals surface area contributed by atoms with Crippen molar-refractivity contribution in [2.45, 2.75) is 224 Å². The third kappa shape index (κ3) is 6.77. The highest BCUT2D eigenvalue weighted by atomic mass is 16.6. The molecule has 0 aromatic carbocycles. The molecule has 15 unspecified atom stereocenters. The SMILES string of the molecule is CC1CCOC(C2OC2C(C)(O)C(C)(C)CCC2CC[NH2+]C(N)C2)(C2CCC3(O)C4=CC(=O)C5CC(O)CC6(CCCC6)C5(C)C4C(CCC4CCCCC4)CC23C)C1. The second kappa shape index (κ2) is 15.4. The second-order valence-electron chi connectivity index (χ2n) is 24.3. The van der Waals surface area contributed by atoms with Crippen LogP contribution in [0.2, 0.25) is 0 Å². The van der Waals surface area contributed by atoms with E-state index in [-0.39, 0.29) is 58.2 Å². The third-order valence-electron chi connectivity index (χ3n) is 21.0. The molecular formula is C51H85N2O6+. The van der Waals surface area contributed by atoms with Crippen molar-refractivity contribution >= 4 is 5.78 Å². The van der Waals surface area contributed by atoms with Gasteiger partial charge in [0.1, 0.15) is 24.0 Å². The van der Waals surface area contributed by atoms with Gasteiger partial charge in [-0.2, -0.15) is 0 Å². The molecule has 8 nitrogen and oxygen atoms in total. The molecule has 59 heavy (non-hydrogen) atoms. The zero-order valence-electron chi connectivity index (χ0n) is 38.1. The molecule has 1 spiro atoms. The van der Waals surface area contributed by atoms with Crippen LogP contribution in [0.15, 0.2) is 11.6 Å². The molecule has 3 heterocycles. The minimum absolute atomic E-state index is 0.0323. The lowest BCUT2D eigenvalue weighted by Gasteiger charge is -2.67. The van der Waals surface area contributed by atoms with Crippen LogP contribution < -0.4 is 11.1 Å². The Balaban J connectivity index is 1.07. The van der Waals surface area contributed by atoms with E-state index in [9.17, 15) is 20.1 Å². The van der Waals surface area contributed by atoms with Crippen LogP contribution in [0.4, 0.5) is 0 Å². The molecule has 9 rings (SSSR count). The van der Waals surface area contributed by atoms with Crippen molar-refractivity contribution in [3.05, 3.63) is 11.6 Å². The minimum Gasteiger partial charge on any atom is -0.393 e. The van der Waals surface area contributed by atoms with Crippen molar-refractivity contribution in [1.29, 1.82) is 0 Å². The smallest absolute Gasteiger partial charge is 0.159 e. The molecular weight excluding hydrogens is 737 g/mol. The molecule has 15 atom stereocenters. The normalized spacial score (nSPS) is 48.5. The van der Waals surface area contributed by atoms with E-state index in [0.717, 1.165) is 88.7 Å². The van der Waals surface area contributed by atoms with Gasteiger partial charge in [-0.25, -0.2) is 0 Å². The topological polar surface area (TPSA) is 142 Å². The van der Waals surface area contributed by atoms with Crippen molar-refractivity contribution in [3.8, 4) is 0 Å². The van der Waals surface area contributed by atoms with Gasteiger partial charge in [0.2, 0.25) is 0 Å². The Morgan fingerprint density at radius 3 is 2.36 bits per heavy atom. The molecule has 3 aliphatic heterocycles. The van der Waals surface area contributed by atoms with Crippen LogP contribution in [0.3, 0.4) is 0 Å². The molecule has 7 N–H and O–H groups in total. The number of nitrogens with two attached hydrogens (primary N) is 2. The maximum atomic E-state index is 14.8. The van der Waals surface area contributed by atoms with Gasteiger partial charge in [0.15, 0.2) is 5.78 Å². The van der Waals surface area contributed by atoms with Crippen molar-refractivity contribution in [2.24, 2.45) is 68.8 Å².